The Morgan fingerprint density at radius 1 is 0.778 bits per heavy atom. The van der Waals surface area contributed by atoms with Gasteiger partial charge in [-0.1, -0.05) is 83.3 Å². The SMILES string of the molecule is CP(c1ccccc1-c1ccccc1)C(C)(C)C. The zero-order chi connectivity index (χ0) is 13.2. The summed E-state index contributed by atoms with van der Waals surface area (Å²) in [5.74, 6) is 0. The fraction of sp³-hybridized carbons (Fsp3) is 0.294. The summed E-state index contributed by atoms with van der Waals surface area (Å²) in [6.07, 6.45) is 0. The number of hydrogen-bond donors (Lipinski definition) is 0. The second-order valence-corrected chi connectivity index (χ2v) is 8.55. The number of benzene rings is 2. The summed E-state index contributed by atoms with van der Waals surface area (Å²) < 4.78 is 0. The van der Waals surface area contributed by atoms with Crippen LogP contribution in [0.1, 0.15) is 20.8 Å². The molecule has 1 atom stereocenters. The Bertz CT molecular complexity index is 509. The van der Waals surface area contributed by atoms with Crippen LogP contribution in [0.3, 0.4) is 0 Å². The van der Waals surface area contributed by atoms with Gasteiger partial charge in [0.2, 0.25) is 0 Å². The zero-order valence-corrected chi connectivity index (χ0v) is 12.5. The Labute approximate surface area is 112 Å². The predicted octanol–water partition coefficient (Wildman–Crippen LogP) is 4.89. The Balaban J connectivity index is 2.51. The summed E-state index contributed by atoms with van der Waals surface area (Å²) in [4.78, 5) is 0. The van der Waals surface area contributed by atoms with E-state index in [1.165, 1.54) is 16.4 Å². The first-order valence-corrected chi connectivity index (χ1v) is 8.17. The maximum absolute atomic E-state index is 2.39. The quantitative estimate of drug-likeness (QED) is 0.671. The van der Waals surface area contributed by atoms with E-state index in [4.69, 9.17) is 0 Å². The lowest BCUT2D eigenvalue weighted by atomic mass is 10.1. The van der Waals surface area contributed by atoms with E-state index in [-0.39, 0.29) is 7.92 Å². The molecule has 0 fully saturated rings. The van der Waals surface area contributed by atoms with E-state index >= 15 is 0 Å². The van der Waals surface area contributed by atoms with Crippen molar-refractivity contribution in [1.29, 1.82) is 0 Å². The molecule has 2 aromatic carbocycles. The topological polar surface area (TPSA) is 0 Å². The number of hydrogen-bond acceptors (Lipinski definition) is 0. The normalized spacial score (nSPS) is 13.3. The smallest absolute Gasteiger partial charge is 0.0107 e. The van der Waals surface area contributed by atoms with Gasteiger partial charge in [0.15, 0.2) is 0 Å². The van der Waals surface area contributed by atoms with Crippen LogP contribution in [0.25, 0.3) is 11.1 Å². The van der Waals surface area contributed by atoms with Gasteiger partial charge in [0.1, 0.15) is 0 Å². The summed E-state index contributed by atoms with van der Waals surface area (Å²) in [7, 11) is -0.161. The minimum Gasteiger partial charge on any atom is -0.0723 e. The van der Waals surface area contributed by atoms with Crippen LogP contribution < -0.4 is 5.30 Å². The zero-order valence-electron chi connectivity index (χ0n) is 11.6. The Kier molecular flexibility index (Phi) is 3.88. The van der Waals surface area contributed by atoms with Gasteiger partial charge in [-0.15, -0.1) is 0 Å². The Hall–Kier alpha value is -1.13. The summed E-state index contributed by atoms with van der Waals surface area (Å²) in [6.45, 7) is 9.39. The highest BCUT2D eigenvalue weighted by atomic mass is 31.1. The Morgan fingerprint density at radius 2 is 1.33 bits per heavy atom. The highest BCUT2D eigenvalue weighted by Gasteiger charge is 2.23. The summed E-state index contributed by atoms with van der Waals surface area (Å²) in [6, 6.07) is 19.5. The molecule has 0 amide bonds. The van der Waals surface area contributed by atoms with Gasteiger partial charge >= 0.3 is 0 Å². The molecule has 0 aliphatic carbocycles. The maximum atomic E-state index is 2.39. The first-order chi connectivity index (χ1) is 8.50. The van der Waals surface area contributed by atoms with Crippen LogP contribution in [0.5, 0.6) is 0 Å². The largest absolute Gasteiger partial charge is 0.0723 e. The van der Waals surface area contributed by atoms with E-state index in [0.29, 0.717) is 5.16 Å². The van der Waals surface area contributed by atoms with Crippen LogP contribution in [0.15, 0.2) is 54.6 Å². The molecule has 0 aromatic heterocycles. The minimum atomic E-state index is -0.161. The van der Waals surface area contributed by atoms with Crippen molar-refractivity contribution < 1.29 is 0 Å². The summed E-state index contributed by atoms with van der Waals surface area (Å²) in [5, 5.41) is 1.85. The maximum Gasteiger partial charge on any atom is -0.0107 e. The third kappa shape index (κ3) is 2.82. The van der Waals surface area contributed by atoms with Crippen molar-refractivity contribution in [3.8, 4) is 11.1 Å². The fourth-order valence-electron chi connectivity index (χ4n) is 1.99. The van der Waals surface area contributed by atoms with Crippen molar-refractivity contribution in [2.45, 2.75) is 25.9 Å². The third-order valence-corrected chi connectivity index (χ3v) is 6.48. The molecule has 0 spiro atoms. The minimum absolute atomic E-state index is 0.161. The molecular weight excluding hydrogens is 235 g/mol. The average Bonchev–Trinajstić information content (AvgIpc) is 2.38. The van der Waals surface area contributed by atoms with Gasteiger partial charge in [-0.05, 0) is 28.3 Å². The summed E-state index contributed by atoms with van der Waals surface area (Å²) >= 11 is 0. The standard InChI is InChI=1S/C17H21P/c1-17(2,3)18(4)16-13-9-8-12-15(16)14-10-6-5-7-11-14/h5-13H,1-4H3. The highest BCUT2D eigenvalue weighted by molar-refractivity contribution is 7.66. The fourth-order valence-corrected chi connectivity index (χ4v) is 3.59. The van der Waals surface area contributed by atoms with E-state index < -0.39 is 0 Å². The van der Waals surface area contributed by atoms with Crippen molar-refractivity contribution in [3.63, 3.8) is 0 Å². The second kappa shape index (κ2) is 5.24. The van der Waals surface area contributed by atoms with Crippen LogP contribution in [0, 0.1) is 0 Å². The van der Waals surface area contributed by atoms with E-state index in [1.807, 2.05) is 0 Å². The van der Waals surface area contributed by atoms with Gasteiger partial charge in [-0.2, -0.15) is 0 Å². The molecule has 0 nitrogen and oxygen atoms in total. The molecule has 0 saturated heterocycles. The molecule has 1 unspecified atom stereocenters. The molecule has 2 rings (SSSR count). The lowest BCUT2D eigenvalue weighted by Gasteiger charge is -2.30. The van der Waals surface area contributed by atoms with Crippen LogP contribution in [-0.4, -0.2) is 11.8 Å². The molecule has 2 aromatic rings. The van der Waals surface area contributed by atoms with Crippen LogP contribution in [-0.2, 0) is 0 Å². The summed E-state index contributed by atoms with van der Waals surface area (Å²) in [5.41, 5.74) is 2.72. The van der Waals surface area contributed by atoms with Gasteiger partial charge < -0.3 is 0 Å². The van der Waals surface area contributed by atoms with Gasteiger partial charge in [-0.25, -0.2) is 0 Å². The van der Waals surface area contributed by atoms with Gasteiger partial charge in [0.05, 0.1) is 0 Å². The molecule has 0 aliphatic heterocycles. The van der Waals surface area contributed by atoms with Crippen molar-refractivity contribution in [2.24, 2.45) is 0 Å². The van der Waals surface area contributed by atoms with Gasteiger partial charge in [0, 0.05) is 0 Å². The first kappa shape index (κ1) is 13.3. The molecule has 1 heteroatoms. The molecule has 0 heterocycles. The molecule has 18 heavy (non-hydrogen) atoms. The van der Waals surface area contributed by atoms with Crippen molar-refractivity contribution in [3.05, 3.63) is 54.6 Å². The molecule has 0 aliphatic rings. The molecular formula is C17H21P. The van der Waals surface area contributed by atoms with E-state index in [9.17, 15) is 0 Å². The van der Waals surface area contributed by atoms with Crippen molar-refractivity contribution in [2.75, 3.05) is 6.66 Å². The molecule has 0 radical (unpaired) electrons. The lowest BCUT2D eigenvalue weighted by Crippen LogP contribution is -2.19. The molecule has 0 bridgehead atoms. The van der Waals surface area contributed by atoms with Crippen LogP contribution >= 0.6 is 7.92 Å². The number of rotatable bonds is 2. The van der Waals surface area contributed by atoms with Gasteiger partial charge in [0.25, 0.3) is 0 Å². The molecule has 0 saturated carbocycles. The highest BCUT2D eigenvalue weighted by Crippen LogP contribution is 2.46. The monoisotopic (exact) mass is 256 g/mol. The first-order valence-electron chi connectivity index (χ1n) is 6.38. The van der Waals surface area contributed by atoms with Crippen molar-refractivity contribution >= 4 is 13.2 Å². The Morgan fingerprint density at radius 3 is 1.94 bits per heavy atom. The van der Waals surface area contributed by atoms with E-state index in [1.54, 1.807) is 0 Å². The average molecular weight is 256 g/mol. The second-order valence-electron chi connectivity index (χ2n) is 5.61. The lowest BCUT2D eigenvalue weighted by molar-refractivity contribution is 0.791. The van der Waals surface area contributed by atoms with Crippen LogP contribution in [0.4, 0.5) is 0 Å². The molecule has 0 N–H and O–H groups in total. The van der Waals surface area contributed by atoms with E-state index in [0.717, 1.165) is 0 Å². The molecule has 94 valence electrons. The predicted molar refractivity (Wildman–Crippen MR) is 84.1 cm³/mol. The van der Waals surface area contributed by atoms with Crippen LogP contribution in [0.2, 0.25) is 0 Å². The van der Waals surface area contributed by atoms with Gasteiger partial charge in [-0.3, -0.25) is 0 Å². The third-order valence-electron chi connectivity index (χ3n) is 3.36. The van der Waals surface area contributed by atoms with E-state index in [2.05, 4.69) is 82.0 Å². The van der Waals surface area contributed by atoms with Crippen molar-refractivity contribution in [1.82, 2.24) is 0 Å².